The van der Waals surface area contributed by atoms with Crippen molar-refractivity contribution in [2.45, 2.75) is 20.8 Å². The largest absolute Gasteiger partial charge is 0.257 e. The number of hydrogen-bond acceptors (Lipinski definition) is 1. The van der Waals surface area contributed by atoms with Gasteiger partial charge in [-0.05, 0) is 25.0 Å². The minimum Gasteiger partial charge on any atom is -0.257 e. The van der Waals surface area contributed by atoms with Crippen LogP contribution < -0.4 is 0 Å². The Morgan fingerprint density at radius 2 is 2.18 bits per heavy atom. The third-order valence-corrected chi connectivity index (χ3v) is 1.54. The third-order valence-electron chi connectivity index (χ3n) is 1.54. The van der Waals surface area contributed by atoms with Crippen LogP contribution in [-0.4, -0.2) is 5.71 Å². The maximum Gasteiger partial charge on any atom is 0.0452 e. The van der Waals surface area contributed by atoms with Crippen LogP contribution in [0.25, 0.3) is 0 Å². The van der Waals surface area contributed by atoms with Crippen LogP contribution in [-0.2, 0) is 0 Å². The second-order valence-corrected chi connectivity index (χ2v) is 2.98. The highest BCUT2D eigenvalue weighted by Gasteiger charge is 2.00. The van der Waals surface area contributed by atoms with E-state index in [2.05, 4.69) is 24.6 Å². The van der Waals surface area contributed by atoms with Gasteiger partial charge in [-0.3, -0.25) is 4.99 Å². The molecule has 0 atom stereocenters. The molecule has 1 nitrogen and oxygen atoms in total. The topological polar surface area (TPSA) is 12.4 Å². The molecule has 1 aliphatic heterocycles. The molecular formula is C10H13N. The third kappa shape index (κ3) is 2.21. The fourth-order valence-electron chi connectivity index (χ4n) is 0.897. The molecule has 1 heterocycles. The van der Waals surface area contributed by atoms with Crippen molar-refractivity contribution in [1.29, 1.82) is 0 Å². The first kappa shape index (κ1) is 8.03. The summed E-state index contributed by atoms with van der Waals surface area (Å²) in [5, 5.41) is 0. The Morgan fingerprint density at radius 3 is 2.82 bits per heavy atom. The summed E-state index contributed by atoms with van der Waals surface area (Å²) < 4.78 is 0. The maximum absolute atomic E-state index is 4.40. The zero-order chi connectivity index (χ0) is 8.27. The number of nitrogens with zero attached hydrogens (tertiary/aromatic N) is 1. The van der Waals surface area contributed by atoms with Gasteiger partial charge in [0.2, 0.25) is 0 Å². The highest BCUT2D eigenvalue weighted by molar-refractivity contribution is 5.93. The lowest BCUT2D eigenvalue weighted by molar-refractivity contribution is 0.758. The van der Waals surface area contributed by atoms with Gasteiger partial charge in [-0.1, -0.05) is 13.8 Å². The first-order chi connectivity index (χ1) is 5.20. The molecule has 0 aromatic rings. The van der Waals surface area contributed by atoms with Crippen molar-refractivity contribution in [3.05, 3.63) is 29.7 Å². The Labute approximate surface area is 67.8 Å². The maximum atomic E-state index is 4.40. The van der Waals surface area contributed by atoms with Crippen molar-refractivity contribution in [3.63, 3.8) is 0 Å². The summed E-state index contributed by atoms with van der Waals surface area (Å²) in [5.41, 5.74) is 5.18. The molecule has 0 fully saturated rings. The molecule has 1 heteroatoms. The fraction of sp³-hybridized carbons (Fsp3) is 0.400. The molecule has 58 valence electrons. The molecule has 0 amide bonds. The lowest BCUT2D eigenvalue weighted by atomic mass is 10.1. The first-order valence-corrected chi connectivity index (χ1v) is 3.88. The normalized spacial score (nSPS) is 16.4. The van der Waals surface area contributed by atoms with Gasteiger partial charge in [-0.25, -0.2) is 0 Å². The van der Waals surface area contributed by atoms with Crippen molar-refractivity contribution in [1.82, 2.24) is 0 Å². The Balaban J connectivity index is 2.94. The standard InChI is InChI=1S/C10H13N/c1-8(2)10-7-5-4-6-9(3)11-10/h5-8H,1-3H3. The van der Waals surface area contributed by atoms with E-state index in [1.807, 2.05) is 25.2 Å². The van der Waals surface area contributed by atoms with Gasteiger partial charge in [0.1, 0.15) is 0 Å². The number of allylic oxidation sites excluding steroid dienone is 3. The molecule has 0 saturated carbocycles. The number of aliphatic imine (C=N–C) groups is 1. The molecule has 0 bridgehead atoms. The number of rotatable bonds is 1. The Kier molecular flexibility index (Phi) is 2.45. The first-order valence-electron chi connectivity index (χ1n) is 3.88. The van der Waals surface area contributed by atoms with E-state index in [9.17, 15) is 0 Å². The molecule has 11 heavy (non-hydrogen) atoms. The molecular weight excluding hydrogens is 134 g/mol. The van der Waals surface area contributed by atoms with E-state index >= 15 is 0 Å². The average Bonchev–Trinajstić information content (AvgIpc) is 2.13. The molecule has 1 aliphatic rings. The van der Waals surface area contributed by atoms with E-state index < -0.39 is 0 Å². The van der Waals surface area contributed by atoms with E-state index in [4.69, 9.17) is 0 Å². The highest BCUT2D eigenvalue weighted by Crippen LogP contribution is 2.12. The van der Waals surface area contributed by atoms with Crippen LogP contribution in [0.4, 0.5) is 0 Å². The van der Waals surface area contributed by atoms with Gasteiger partial charge in [0, 0.05) is 17.5 Å². The van der Waals surface area contributed by atoms with Crippen LogP contribution in [0.1, 0.15) is 20.8 Å². The molecule has 0 radical (unpaired) electrons. The SMILES string of the molecule is CC1=NC(C(C)C)=CC=C=C1. The molecule has 1 rings (SSSR count). The minimum atomic E-state index is 0.495. The van der Waals surface area contributed by atoms with Crippen molar-refractivity contribution < 1.29 is 0 Å². The summed E-state index contributed by atoms with van der Waals surface area (Å²) in [5.74, 6) is 0.495. The van der Waals surface area contributed by atoms with E-state index in [0.29, 0.717) is 5.92 Å². The van der Waals surface area contributed by atoms with Crippen LogP contribution in [0, 0.1) is 5.92 Å². The van der Waals surface area contributed by atoms with Gasteiger partial charge in [-0.2, -0.15) is 0 Å². The molecule has 0 spiro atoms. The monoisotopic (exact) mass is 147 g/mol. The van der Waals surface area contributed by atoms with Gasteiger partial charge < -0.3 is 0 Å². The Bertz CT molecular complexity index is 261. The van der Waals surface area contributed by atoms with Crippen LogP contribution in [0.2, 0.25) is 0 Å². The molecule has 0 saturated heterocycles. The van der Waals surface area contributed by atoms with E-state index in [0.717, 1.165) is 11.4 Å². The predicted octanol–water partition coefficient (Wildman–Crippen LogP) is 2.71. The summed E-state index contributed by atoms with van der Waals surface area (Å²) >= 11 is 0. The second-order valence-electron chi connectivity index (χ2n) is 2.98. The minimum absolute atomic E-state index is 0.495. The average molecular weight is 147 g/mol. The summed E-state index contributed by atoms with van der Waals surface area (Å²) in [6.07, 6.45) is 5.82. The van der Waals surface area contributed by atoms with Gasteiger partial charge in [0.05, 0.1) is 0 Å². The predicted molar refractivity (Wildman–Crippen MR) is 48.7 cm³/mol. The van der Waals surface area contributed by atoms with Gasteiger partial charge >= 0.3 is 0 Å². The smallest absolute Gasteiger partial charge is 0.0452 e. The molecule has 0 aliphatic carbocycles. The van der Waals surface area contributed by atoms with Crippen LogP contribution in [0.15, 0.2) is 34.6 Å². The molecule has 0 aromatic heterocycles. The van der Waals surface area contributed by atoms with E-state index in [1.165, 1.54) is 0 Å². The zero-order valence-electron chi connectivity index (χ0n) is 7.26. The molecule has 0 N–H and O–H groups in total. The fourth-order valence-corrected chi connectivity index (χ4v) is 0.897. The van der Waals surface area contributed by atoms with Crippen LogP contribution in [0.3, 0.4) is 0 Å². The molecule has 0 unspecified atom stereocenters. The lowest BCUT2D eigenvalue weighted by Gasteiger charge is -2.03. The summed E-state index contributed by atoms with van der Waals surface area (Å²) in [7, 11) is 0. The van der Waals surface area contributed by atoms with Crippen LogP contribution in [0.5, 0.6) is 0 Å². The van der Waals surface area contributed by atoms with Crippen molar-refractivity contribution in [2.75, 3.05) is 0 Å². The number of hydrogen-bond donors (Lipinski definition) is 0. The van der Waals surface area contributed by atoms with Crippen molar-refractivity contribution in [2.24, 2.45) is 10.9 Å². The Morgan fingerprint density at radius 1 is 1.45 bits per heavy atom. The zero-order valence-corrected chi connectivity index (χ0v) is 7.26. The van der Waals surface area contributed by atoms with Gasteiger partial charge in [0.25, 0.3) is 0 Å². The molecule has 0 aromatic carbocycles. The second kappa shape index (κ2) is 3.36. The van der Waals surface area contributed by atoms with Crippen molar-refractivity contribution in [3.8, 4) is 0 Å². The lowest BCUT2D eigenvalue weighted by Crippen LogP contribution is -1.93. The van der Waals surface area contributed by atoms with Crippen molar-refractivity contribution >= 4 is 5.71 Å². The summed E-state index contributed by atoms with van der Waals surface area (Å²) in [4.78, 5) is 4.40. The summed E-state index contributed by atoms with van der Waals surface area (Å²) in [6, 6.07) is 0. The summed E-state index contributed by atoms with van der Waals surface area (Å²) in [6.45, 7) is 6.27. The van der Waals surface area contributed by atoms with Crippen LogP contribution >= 0.6 is 0 Å². The van der Waals surface area contributed by atoms with E-state index in [1.54, 1.807) is 0 Å². The van der Waals surface area contributed by atoms with Gasteiger partial charge in [0.15, 0.2) is 0 Å². The quantitative estimate of drug-likeness (QED) is 0.506. The Hall–Kier alpha value is -1.07. The van der Waals surface area contributed by atoms with Gasteiger partial charge in [-0.15, -0.1) is 5.73 Å². The highest BCUT2D eigenvalue weighted by atomic mass is 14.8. The van der Waals surface area contributed by atoms with E-state index in [-0.39, 0.29) is 0 Å².